The largest absolute Gasteiger partial charge is 0.492 e. The molecule has 0 aromatic heterocycles. The van der Waals surface area contributed by atoms with E-state index in [2.05, 4.69) is 12.7 Å². The van der Waals surface area contributed by atoms with Crippen LogP contribution in [0.1, 0.15) is 63.0 Å². The van der Waals surface area contributed by atoms with Crippen LogP contribution in [0.25, 0.3) is 0 Å². The molecule has 148 valence electrons. The summed E-state index contributed by atoms with van der Waals surface area (Å²) in [5.74, 6) is 3.15. The lowest BCUT2D eigenvalue weighted by molar-refractivity contribution is 0.129. The highest BCUT2D eigenvalue weighted by Gasteiger charge is 2.32. The predicted molar refractivity (Wildman–Crippen MR) is 107 cm³/mol. The molecule has 0 N–H and O–H groups in total. The molecular weight excluding hydrogens is 363 g/mol. The maximum absolute atomic E-state index is 14.3. The zero-order valence-corrected chi connectivity index (χ0v) is 16.7. The Labute approximate surface area is 167 Å². The predicted octanol–water partition coefficient (Wildman–Crippen LogP) is 6.73. The fraction of sp³-hybridized carbons (Fsp3) is 0.652. The molecule has 0 bridgehead atoms. The minimum absolute atomic E-state index is 0.0932. The molecule has 1 atom stereocenters. The average molecular weight is 393 g/mol. The lowest BCUT2D eigenvalue weighted by atomic mass is 9.69. The molecule has 4 heteroatoms. The number of epoxide rings is 1. The molecule has 1 saturated heterocycles. The number of benzene rings is 1. The van der Waals surface area contributed by atoms with Crippen LogP contribution >= 0.6 is 11.6 Å². The molecular formula is C23H30ClFO2. The van der Waals surface area contributed by atoms with Crippen LogP contribution in [0.3, 0.4) is 0 Å². The molecule has 1 aliphatic heterocycles. The second-order valence-electron chi connectivity index (χ2n) is 8.61. The van der Waals surface area contributed by atoms with Crippen LogP contribution in [0.2, 0.25) is 5.02 Å². The number of rotatable bonds is 6. The Hall–Kier alpha value is -1.06. The van der Waals surface area contributed by atoms with E-state index >= 15 is 0 Å². The monoisotopic (exact) mass is 392 g/mol. The van der Waals surface area contributed by atoms with Crippen molar-refractivity contribution in [3.05, 3.63) is 41.2 Å². The molecule has 0 radical (unpaired) electrons. The van der Waals surface area contributed by atoms with Gasteiger partial charge in [0, 0.05) is 5.56 Å². The van der Waals surface area contributed by atoms with Gasteiger partial charge in [0.25, 0.3) is 0 Å². The molecule has 3 fully saturated rings. The van der Waals surface area contributed by atoms with Crippen molar-refractivity contribution in [1.82, 2.24) is 0 Å². The molecule has 4 rings (SSSR count). The third kappa shape index (κ3) is 4.51. The molecule has 2 saturated carbocycles. The van der Waals surface area contributed by atoms with Gasteiger partial charge in [-0.25, -0.2) is 4.39 Å². The maximum atomic E-state index is 14.3. The molecule has 2 aliphatic carbocycles. The first-order chi connectivity index (χ1) is 13.2. The van der Waals surface area contributed by atoms with Gasteiger partial charge in [0.05, 0.1) is 13.2 Å². The SMILES string of the molecule is C=CC1CCC(C2CCC(COc3ccc(C4CO4)c(F)c3Cl)CC2)CC1. The van der Waals surface area contributed by atoms with Gasteiger partial charge in [0.2, 0.25) is 0 Å². The van der Waals surface area contributed by atoms with Crippen molar-refractivity contribution in [2.24, 2.45) is 23.7 Å². The van der Waals surface area contributed by atoms with Gasteiger partial charge in [-0.1, -0.05) is 17.7 Å². The molecule has 1 unspecified atom stereocenters. The van der Waals surface area contributed by atoms with E-state index < -0.39 is 5.82 Å². The third-order valence-corrected chi connectivity index (χ3v) is 7.29. The molecule has 2 nitrogen and oxygen atoms in total. The van der Waals surface area contributed by atoms with Gasteiger partial charge >= 0.3 is 0 Å². The Morgan fingerprint density at radius 3 is 2.30 bits per heavy atom. The molecule has 27 heavy (non-hydrogen) atoms. The molecule has 0 spiro atoms. The number of halogens is 2. The van der Waals surface area contributed by atoms with Crippen molar-refractivity contribution in [2.45, 2.75) is 57.5 Å². The highest BCUT2D eigenvalue weighted by atomic mass is 35.5. The van der Waals surface area contributed by atoms with Crippen molar-refractivity contribution in [1.29, 1.82) is 0 Å². The fourth-order valence-electron chi connectivity index (χ4n) is 5.02. The van der Waals surface area contributed by atoms with Crippen LogP contribution < -0.4 is 4.74 Å². The summed E-state index contributed by atoms with van der Waals surface area (Å²) in [4.78, 5) is 0. The van der Waals surface area contributed by atoms with E-state index in [9.17, 15) is 4.39 Å². The van der Waals surface area contributed by atoms with E-state index in [0.717, 1.165) is 17.8 Å². The smallest absolute Gasteiger partial charge is 0.151 e. The van der Waals surface area contributed by atoms with Crippen molar-refractivity contribution in [2.75, 3.05) is 13.2 Å². The molecule has 1 heterocycles. The summed E-state index contributed by atoms with van der Waals surface area (Å²) in [5, 5.41) is 0.0932. The first-order valence-electron chi connectivity index (χ1n) is 10.5. The molecule has 0 amide bonds. The Kier molecular flexibility index (Phi) is 6.08. The van der Waals surface area contributed by atoms with Crippen molar-refractivity contribution in [3.8, 4) is 5.75 Å². The van der Waals surface area contributed by atoms with Gasteiger partial charge < -0.3 is 9.47 Å². The van der Waals surface area contributed by atoms with Crippen LogP contribution in [0, 0.1) is 29.5 Å². The van der Waals surface area contributed by atoms with Crippen LogP contribution in [0.4, 0.5) is 4.39 Å². The van der Waals surface area contributed by atoms with Crippen LogP contribution in [0.5, 0.6) is 5.75 Å². The summed E-state index contributed by atoms with van der Waals surface area (Å²) in [6, 6.07) is 3.52. The van der Waals surface area contributed by atoms with Gasteiger partial charge in [-0.2, -0.15) is 0 Å². The summed E-state index contributed by atoms with van der Waals surface area (Å²) in [5.41, 5.74) is 0.541. The minimum Gasteiger partial charge on any atom is -0.492 e. The van der Waals surface area contributed by atoms with Gasteiger partial charge in [-0.05, 0) is 87.2 Å². The topological polar surface area (TPSA) is 21.8 Å². The molecule has 1 aromatic rings. The lowest BCUT2D eigenvalue weighted by Gasteiger charge is -2.37. The normalized spacial score (nSPS) is 33.5. The molecule has 1 aromatic carbocycles. The summed E-state index contributed by atoms with van der Waals surface area (Å²) in [7, 11) is 0. The fourth-order valence-corrected chi connectivity index (χ4v) is 5.25. The van der Waals surface area contributed by atoms with Crippen LogP contribution in [0.15, 0.2) is 24.8 Å². The van der Waals surface area contributed by atoms with E-state index in [1.54, 1.807) is 12.1 Å². The maximum Gasteiger partial charge on any atom is 0.151 e. The van der Waals surface area contributed by atoms with E-state index in [4.69, 9.17) is 21.1 Å². The van der Waals surface area contributed by atoms with E-state index in [-0.39, 0.29) is 11.1 Å². The zero-order chi connectivity index (χ0) is 18.8. The quantitative estimate of drug-likeness (QED) is 0.395. The second kappa shape index (κ2) is 8.53. The van der Waals surface area contributed by atoms with Gasteiger partial charge in [-0.3, -0.25) is 0 Å². The summed E-state index contributed by atoms with van der Waals surface area (Å²) >= 11 is 6.17. The Morgan fingerprint density at radius 2 is 1.70 bits per heavy atom. The second-order valence-corrected chi connectivity index (χ2v) is 8.98. The molecule has 3 aliphatic rings. The van der Waals surface area contributed by atoms with Crippen molar-refractivity contribution >= 4 is 11.6 Å². The van der Waals surface area contributed by atoms with Crippen molar-refractivity contribution < 1.29 is 13.9 Å². The average Bonchev–Trinajstić information content (AvgIpc) is 3.55. The number of allylic oxidation sites excluding steroid dienone is 1. The highest BCUT2D eigenvalue weighted by molar-refractivity contribution is 6.32. The third-order valence-electron chi connectivity index (χ3n) is 6.94. The minimum atomic E-state index is -0.393. The Balaban J connectivity index is 1.24. The number of hydrogen-bond acceptors (Lipinski definition) is 2. The highest BCUT2D eigenvalue weighted by Crippen LogP contribution is 2.42. The lowest BCUT2D eigenvalue weighted by Crippen LogP contribution is -2.27. The van der Waals surface area contributed by atoms with Crippen LogP contribution in [-0.2, 0) is 4.74 Å². The van der Waals surface area contributed by atoms with E-state index in [1.807, 2.05) is 0 Å². The summed E-state index contributed by atoms with van der Waals surface area (Å²) in [6.45, 7) is 5.16. The summed E-state index contributed by atoms with van der Waals surface area (Å²) < 4.78 is 25.4. The first-order valence-corrected chi connectivity index (χ1v) is 10.9. The zero-order valence-electron chi connectivity index (χ0n) is 16.0. The number of ether oxygens (including phenoxy) is 2. The summed E-state index contributed by atoms with van der Waals surface area (Å²) in [6.07, 6.45) is 12.4. The number of hydrogen-bond donors (Lipinski definition) is 0. The first kappa shape index (κ1) is 19.3. The Bertz CT molecular complexity index is 657. The van der Waals surface area contributed by atoms with Crippen LogP contribution in [-0.4, -0.2) is 13.2 Å². The van der Waals surface area contributed by atoms with Gasteiger partial charge in [0.1, 0.15) is 16.9 Å². The van der Waals surface area contributed by atoms with E-state index in [0.29, 0.717) is 30.4 Å². The van der Waals surface area contributed by atoms with E-state index in [1.165, 1.54) is 51.4 Å². The standard InChI is InChI=1S/C23H30ClFO2/c1-2-15-3-7-17(8-4-15)18-9-5-16(6-10-18)13-26-20-12-11-19(21-14-27-21)23(25)22(20)24/h2,11-12,15-18,21H,1,3-10,13-14H2. The van der Waals surface area contributed by atoms with Gasteiger partial charge in [0.15, 0.2) is 5.82 Å². The Morgan fingerprint density at radius 1 is 1.07 bits per heavy atom. The van der Waals surface area contributed by atoms with Crippen molar-refractivity contribution in [3.63, 3.8) is 0 Å². The van der Waals surface area contributed by atoms with Gasteiger partial charge in [-0.15, -0.1) is 6.58 Å².